The second-order valence-corrected chi connectivity index (χ2v) is 6.11. The lowest BCUT2D eigenvalue weighted by molar-refractivity contribution is 0.467. The van der Waals surface area contributed by atoms with Gasteiger partial charge in [-0.3, -0.25) is 4.98 Å². The minimum Gasteiger partial charge on any atom is -0.454 e. The summed E-state index contributed by atoms with van der Waals surface area (Å²) >= 11 is 6.93. The smallest absolute Gasteiger partial charge is 0.150 e. The first-order valence-electron chi connectivity index (χ1n) is 6.47. The van der Waals surface area contributed by atoms with Gasteiger partial charge in [0.25, 0.3) is 0 Å². The molecule has 0 saturated heterocycles. The highest BCUT2D eigenvalue weighted by atomic mass is 79.9. The summed E-state index contributed by atoms with van der Waals surface area (Å²) < 4.78 is 7.87. The van der Waals surface area contributed by atoms with Gasteiger partial charge >= 0.3 is 0 Å². The molecule has 2 rings (SSSR count). The Bertz CT molecular complexity index is 576. The van der Waals surface area contributed by atoms with Gasteiger partial charge in [0.15, 0.2) is 0 Å². The van der Waals surface area contributed by atoms with E-state index in [4.69, 9.17) is 4.74 Å². The molecule has 5 heteroatoms. The first-order valence-corrected chi connectivity index (χ1v) is 8.06. The van der Waals surface area contributed by atoms with Crippen molar-refractivity contribution in [2.75, 3.05) is 6.54 Å². The number of hydrogen-bond donors (Lipinski definition) is 1. The number of halogens is 2. The van der Waals surface area contributed by atoms with E-state index in [0.717, 1.165) is 45.5 Å². The van der Waals surface area contributed by atoms with Crippen molar-refractivity contribution >= 4 is 31.9 Å². The molecule has 0 aliphatic carbocycles. The van der Waals surface area contributed by atoms with E-state index in [-0.39, 0.29) is 0 Å². The van der Waals surface area contributed by atoms with Crippen molar-refractivity contribution in [2.45, 2.75) is 19.9 Å². The van der Waals surface area contributed by atoms with Crippen LogP contribution in [-0.2, 0) is 6.54 Å². The molecule has 0 spiro atoms. The number of pyridine rings is 1. The van der Waals surface area contributed by atoms with Crippen LogP contribution in [0.25, 0.3) is 0 Å². The summed E-state index contributed by atoms with van der Waals surface area (Å²) in [6, 6.07) is 7.81. The molecular weight excluding hydrogens is 384 g/mol. The maximum absolute atomic E-state index is 5.96. The fourth-order valence-electron chi connectivity index (χ4n) is 1.72. The van der Waals surface area contributed by atoms with Crippen molar-refractivity contribution < 1.29 is 4.74 Å². The first-order chi connectivity index (χ1) is 9.70. The van der Waals surface area contributed by atoms with E-state index < -0.39 is 0 Å². The molecular formula is C15H16Br2N2O. The van der Waals surface area contributed by atoms with Gasteiger partial charge in [-0.1, -0.05) is 22.9 Å². The van der Waals surface area contributed by atoms with Gasteiger partial charge in [0.2, 0.25) is 0 Å². The fourth-order valence-corrected chi connectivity index (χ4v) is 2.85. The van der Waals surface area contributed by atoms with Crippen LogP contribution < -0.4 is 10.1 Å². The predicted molar refractivity (Wildman–Crippen MR) is 88.2 cm³/mol. The Balaban J connectivity index is 2.16. The molecule has 1 aromatic carbocycles. The van der Waals surface area contributed by atoms with E-state index in [2.05, 4.69) is 49.1 Å². The van der Waals surface area contributed by atoms with E-state index in [1.807, 2.05) is 24.3 Å². The summed E-state index contributed by atoms with van der Waals surface area (Å²) in [6.07, 6.45) is 4.64. The maximum atomic E-state index is 5.96. The third kappa shape index (κ3) is 4.30. The van der Waals surface area contributed by atoms with Crippen molar-refractivity contribution in [3.05, 3.63) is 51.2 Å². The average molecular weight is 400 g/mol. The van der Waals surface area contributed by atoms with Crippen LogP contribution in [0.15, 0.2) is 45.6 Å². The molecule has 1 N–H and O–H groups in total. The summed E-state index contributed by atoms with van der Waals surface area (Å²) in [7, 11) is 0. The van der Waals surface area contributed by atoms with Crippen molar-refractivity contribution in [1.29, 1.82) is 0 Å². The Hall–Kier alpha value is -0.910. The molecule has 106 valence electrons. The van der Waals surface area contributed by atoms with Crippen LogP contribution in [0.3, 0.4) is 0 Å². The number of hydrogen-bond acceptors (Lipinski definition) is 3. The molecule has 0 atom stereocenters. The van der Waals surface area contributed by atoms with Crippen LogP contribution >= 0.6 is 31.9 Å². The summed E-state index contributed by atoms with van der Waals surface area (Å²) in [4.78, 5) is 4.14. The molecule has 1 aromatic heterocycles. The number of benzene rings is 1. The molecule has 0 saturated carbocycles. The molecule has 0 radical (unpaired) electrons. The normalized spacial score (nSPS) is 10.6. The highest BCUT2D eigenvalue weighted by molar-refractivity contribution is 9.11. The van der Waals surface area contributed by atoms with Crippen molar-refractivity contribution in [3.63, 3.8) is 0 Å². The molecule has 0 fully saturated rings. The van der Waals surface area contributed by atoms with Crippen LogP contribution in [0.5, 0.6) is 11.5 Å². The van der Waals surface area contributed by atoms with Crippen LogP contribution in [0.4, 0.5) is 0 Å². The Morgan fingerprint density at radius 1 is 1.20 bits per heavy atom. The summed E-state index contributed by atoms with van der Waals surface area (Å²) in [6.45, 7) is 3.92. The van der Waals surface area contributed by atoms with Gasteiger partial charge < -0.3 is 10.1 Å². The highest BCUT2D eigenvalue weighted by Gasteiger charge is 2.07. The highest BCUT2D eigenvalue weighted by Crippen LogP contribution is 2.33. The summed E-state index contributed by atoms with van der Waals surface area (Å²) in [5, 5.41) is 3.37. The van der Waals surface area contributed by atoms with Gasteiger partial charge in [0, 0.05) is 22.8 Å². The zero-order valence-electron chi connectivity index (χ0n) is 11.2. The lowest BCUT2D eigenvalue weighted by atomic mass is 10.2. The van der Waals surface area contributed by atoms with Crippen LogP contribution in [0, 0.1) is 0 Å². The van der Waals surface area contributed by atoms with E-state index in [1.54, 1.807) is 12.4 Å². The van der Waals surface area contributed by atoms with E-state index in [1.165, 1.54) is 0 Å². The number of nitrogens with zero attached hydrogens (tertiary/aromatic N) is 1. The number of rotatable bonds is 6. The second-order valence-electron chi connectivity index (χ2n) is 4.34. The Kier molecular flexibility index (Phi) is 6.01. The molecule has 3 nitrogen and oxygen atoms in total. The molecule has 0 amide bonds. The standard InChI is InChI=1S/C15H16Br2N2O/c1-2-6-18-9-11-5-7-19-10-15(11)20-14-4-3-12(16)8-13(14)17/h3-5,7-8,10,18H,2,6,9H2,1H3. The monoisotopic (exact) mass is 398 g/mol. The van der Waals surface area contributed by atoms with Crippen LogP contribution in [0.2, 0.25) is 0 Å². The number of nitrogens with one attached hydrogen (secondary N) is 1. The first kappa shape index (κ1) is 15.5. The topological polar surface area (TPSA) is 34.2 Å². The summed E-state index contributed by atoms with van der Waals surface area (Å²) in [5.41, 5.74) is 1.10. The minimum atomic E-state index is 0.776. The Labute approximate surface area is 136 Å². The zero-order valence-corrected chi connectivity index (χ0v) is 14.4. The van der Waals surface area contributed by atoms with Crippen LogP contribution in [0.1, 0.15) is 18.9 Å². The minimum absolute atomic E-state index is 0.776. The lowest BCUT2D eigenvalue weighted by Crippen LogP contribution is -2.14. The third-order valence-electron chi connectivity index (χ3n) is 2.73. The molecule has 0 unspecified atom stereocenters. The predicted octanol–water partition coefficient (Wildman–Crippen LogP) is 4.90. The average Bonchev–Trinajstić information content (AvgIpc) is 2.44. The van der Waals surface area contributed by atoms with Gasteiger partial charge in [-0.25, -0.2) is 0 Å². The Morgan fingerprint density at radius 3 is 2.80 bits per heavy atom. The van der Waals surface area contributed by atoms with Gasteiger partial charge in [-0.15, -0.1) is 0 Å². The second kappa shape index (κ2) is 7.76. The summed E-state index contributed by atoms with van der Waals surface area (Å²) in [5.74, 6) is 1.55. The van der Waals surface area contributed by atoms with Gasteiger partial charge in [0.1, 0.15) is 11.5 Å². The molecule has 2 aromatic rings. The van der Waals surface area contributed by atoms with Crippen molar-refractivity contribution in [3.8, 4) is 11.5 Å². The largest absolute Gasteiger partial charge is 0.454 e. The van der Waals surface area contributed by atoms with E-state index in [0.29, 0.717) is 0 Å². The zero-order chi connectivity index (χ0) is 14.4. The van der Waals surface area contributed by atoms with E-state index in [9.17, 15) is 0 Å². The molecule has 20 heavy (non-hydrogen) atoms. The van der Waals surface area contributed by atoms with Gasteiger partial charge in [-0.05, 0) is 53.2 Å². The molecule has 0 aliphatic rings. The van der Waals surface area contributed by atoms with Gasteiger partial charge in [0.05, 0.1) is 10.7 Å². The quantitative estimate of drug-likeness (QED) is 0.701. The lowest BCUT2D eigenvalue weighted by Gasteiger charge is -2.12. The molecule has 1 heterocycles. The van der Waals surface area contributed by atoms with Crippen molar-refractivity contribution in [2.24, 2.45) is 0 Å². The van der Waals surface area contributed by atoms with Crippen molar-refractivity contribution in [1.82, 2.24) is 10.3 Å². The molecule has 0 bridgehead atoms. The Morgan fingerprint density at radius 2 is 2.05 bits per heavy atom. The van der Waals surface area contributed by atoms with Gasteiger partial charge in [-0.2, -0.15) is 0 Å². The number of ether oxygens (including phenoxy) is 1. The molecule has 0 aliphatic heterocycles. The number of aromatic nitrogens is 1. The third-order valence-corrected chi connectivity index (χ3v) is 3.84. The SMILES string of the molecule is CCCNCc1ccncc1Oc1ccc(Br)cc1Br. The van der Waals surface area contributed by atoms with Crippen LogP contribution in [-0.4, -0.2) is 11.5 Å². The maximum Gasteiger partial charge on any atom is 0.150 e. The fraction of sp³-hybridized carbons (Fsp3) is 0.267. The van der Waals surface area contributed by atoms with E-state index >= 15 is 0 Å².